The molecule has 2 rings (SSSR count). The van der Waals surface area contributed by atoms with Gasteiger partial charge in [0.05, 0.1) is 13.7 Å². The summed E-state index contributed by atoms with van der Waals surface area (Å²) in [5, 5.41) is 3.11. The van der Waals surface area contributed by atoms with Crippen molar-refractivity contribution in [2.45, 2.75) is 6.92 Å². The molecular formula is C16H19NO2. The lowest BCUT2D eigenvalue weighted by Gasteiger charge is -2.11. The van der Waals surface area contributed by atoms with Crippen LogP contribution in [0.4, 0.5) is 5.69 Å². The molecule has 100 valence electrons. The molecule has 0 saturated heterocycles. The Balaban J connectivity index is 2.35. The molecular weight excluding hydrogens is 238 g/mol. The summed E-state index contributed by atoms with van der Waals surface area (Å²) >= 11 is 0. The average Bonchev–Trinajstić information content (AvgIpc) is 2.47. The van der Waals surface area contributed by atoms with Gasteiger partial charge in [-0.15, -0.1) is 0 Å². The molecule has 0 fully saturated rings. The smallest absolute Gasteiger partial charge is 0.161 e. The van der Waals surface area contributed by atoms with E-state index in [9.17, 15) is 0 Å². The van der Waals surface area contributed by atoms with Crippen molar-refractivity contribution >= 4 is 5.69 Å². The van der Waals surface area contributed by atoms with E-state index in [4.69, 9.17) is 9.47 Å². The fourth-order valence-electron chi connectivity index (χ4n) is 1.95. The Kier molecular flexibility index (Phi) is 4.29. The van der Waals surface area contributed by atoms with E-state index in [0.717, 1.165) is 28.3 Å². The number of nitrogens with one attached hydrogen (secondary N) is 1. The van der Waals surface area contributed by atoms with Gasteiger partial charge in [0.1, 0.15) is 0 Å². The van der Waals surface area contributed by atoms with E-state index in [1.165, 1.54) is 0 Å². The molecule has 3 heteroatoms. The lowest BCUT2D eigenvalue weighted by atomic mass is 10.0. The maximum atomic E-state index is 5.60. The van der Waals surface area contributed by atoms with Crippen LogP contribution in [-0.2, 0) is 0 Å². The topological polar surface area (TPSA) is 30.5 Å². The molecule has 0 aliphatic carbocycles. The predicted molar refractivity (Wildman–Crippen MR) is 79.1 cm³/mol. The van der Waals surface area contributed by atoms with Gasteiger partial charge in [0, 0.05) is 12.7 Å². The predicted octanol–water partition coefficient (Wildman–Crippen LogP) is 3.80. The monoisotopic (exact) mass is 257 g/mol. The molecule has 0 aliphatic heterocycles. The minimum atomic E-state index is 0.624. The Morgan fingerprint density at radius 3 is 2.21 bits per heavy atom. The molecule has 0 aliphatic rings. The van der Waals surface area contributed by atoms with Crippen LogP contribution in [0.2, 0.25) is 0 Å². The van der Waals surface area contributed by atoms with Crippen molar-refractivity contribution in [2.75, 3.05) is 26.1 Å². The second kappa shape index (κ2) is 6.14. The summed E-state index contributed by atoms with van der Waals surface area (Å²) in [5.74, 6) is 1.54. The number of benzene rings is 2. The molecule has 2 aromatic rings. The van der Waals surface area contributed by atoms with E-state index in [1.54, 1.807) is 7.11 Å². The van der Waals surface area contributed by atoms with Crippen LogP contribution in [0.25, 0.3) is 11.1 Å². The van der Waals surface area contributed by atoms with Crippen LogP contribution < -0.4 is 14.8 Å². The molecule has 0 spiro atoms. The third kappa shape index (κ3) is 2.99. The summed E-state index contributed by atoms with van der Waals surface area (Å²) < 4.78 is 10.9. The molecule has 0 saturated carbocycles. The fraction of sp³-hybridized carbons (Fsp3) is 0.250. The standard InChI is InChI=1S/C16H19NO2/c1-4-19-16-11-13(7-10-15(16)18-3)12-5-8-14(17-2)9-6-12/h5-11,17H,4H2,1-3H3. The first-order valence-corrected chi connectivity index (χ1v) is 6.37. The summed E-state index contributed by atoms with van der Waals surface area (Å²) in [5.41, 5.74) is 3.37. The Labute approximate surface area is 114 Å². The van der Waals surface area contributed by atoms with E-state index in [2.05, 4.69) is 29.6 Å². The fourth-order valence-corrected chi connectivity index (χ4v) is 1.95. The Hall–Kier alpha value is -2.16. The van der Waals surface area contributed by atoms with E-state index in [0.29, 0.717) is 6.61 Å². The van der Waals surface area contributed by atoms with Gasteiger partial charge in [-0.25, -0.2) is 0 Å². The van der Waals surface area contributed by atoms with Gasteiger partial charge in [-0.1, -0.05) is 18.2 Å². The first kappa shape index (κ1) is 13.3. The molecule has 0 heterocycles. The highest BCUT2D eigenvalue weighted by Gasteiger charge is 2.06. The zero-order valence-corrected chi connectivity index (χ0v) is 11.6. The minimum Gasteiger partial charge on any atom is -0.493 e. The van der Waals surface area contributed by atoms with Crippen LogP contribution in [0, 0.1) is 0 Å². The van der Waals surface area contributed by atoms with E-state index < -0.39 is 0 Å². The highest BCUT2D eigenvalue weighted by Crippen LogP contribution is 2.32. The van der Waals surface area contributed by atoms with Crippen molar-refractivity contribution < 1.29 is 9.47 Å². The van der Waals surface area contributed by atoms with E-state index in [-0.39, 0.29) is 0 Å². The van der Waals surface area contributed by atoms with E-state index in [1.807, 2.05) is 32.2 Å². The van der Waals surface area contributed by atoms with Crippen LogP contribution >= 0.6 is 0 Å². The molecule has 2 aromatic carbocycles. The number of rotatable bonds is 5. The maximum absolute atomic E-state index is 5.60. The normalized spacial score (nSPS) is 10.1. The van der Waals surface area contributed by atoms with Gasteiger partial charge in [-0.05, 0) is 42.3 Å². The summed E-state index contributed by atoms with van der Waals surface area (Å²) in [6, 6.07) is 14.3. The van der Waals surface area contributed by atoms with Gasteiger partial charge < -0.3 is 14.8 Å². The Morgan fingerprint density at radius 2 is 1.63 bits per heavy atom. The van der Waals surface area contributed by atoms with Gasteiger partial charge in [0.2, 0.25) is 0 Å². The van der Waals surface area contributed by atoms with Gasteiger partial charge in [-0.2, -0.15) is 0 Å². The second-order valence-corrected chi connectivity index (χ2v) is 4.13. The van der Waals surface area contributed by atoms with Gasteiger partial charge in [-0.3, -0.25) is 0 Å². The first-order chi connectivity index (χ1) is 9.28. The average molecular weight is 257 g/mol. The maximum Gasteiger partial charge on any atom is 0.161 e. The van der Waals surface area contributed by atoms with Gasteiger partial charge in [0.25, 0.3) is 0 Å². The summed E-state index contributed by atoms with van der Waals surface area (Å²) in [6.45, 7) is 2.59. The molecule has 0 bridgehead atoms. The number of hydrogen-bond acceptors (Lipinski definition) is 3. The molecule has 0 atom stereocenters. The van der Waals surface area contributed by atoms with Crippen LogP contribution in [0.5, 0.6) is 11.5 Å². The van der Waals surface area contributed by atoms with Crippen molar-refractivity contribution in [2.24, 2.45) is 0 Å². The first-order valence-electron chi connectivity index (χ1n) is 6.37. The zero-order chi connectivity index (χ0) is 13.7. The van der Waals surface area contributed by atoms with Crippen molar-refractivity contribution in [1.29, 1.82) is 0 Å². The number of anilines is 1. The second-order valence-electron chi connectivity index (χ2n) is 4.13. The number of hydrogen-bond donors (Lipinski definition) is 1. The minimum absolute atomic E-state index is 0.624. The zero-order valence-electron chi connectivity index (χ0n) is 11.6. The molecule has 1 N–H and O–H groups in total. The molecule has 19 heavy (non-hydrogen) atoms. The molecule has 0 amide bonds. The van der Waals surface area contributed by atoms with Crippen LogP contribution in [0.15, 0.2) is 42.5 Å². The largest absolute Gasteiger partial charge is 0.493 e. The highest BCUT2D eigenvalue weighted by atomic mass is 16.5. The molecule has 0 unspecified atom stereocenters. The summed E-state index contributed by atoms with van der Waals surface area (Å²) in [6.07, 6.45) is 0. The van der Waals surface area contributed by atoms with Crippen LogP contribution in [0.3, 0.4) is 0 Å². The number of methoxy groups -OCH3 is 1. The molecule has 0 aromatic heterocycles. The quantitative estimate of drug-likeness (QED) is 0.883. The Morgan fingerprint density at radius 1 is 0.947 bits per heavy atom. The van der Waals surface area contributed by atoms with Gasteiger partial charge >= 0.3 is 0 Å². The van der Waals surface area contributed by atoms with Crippen molar-refractivity contribution in [1.82, 2.24) is 0 Å². The number of ether oxygens (including phenoxy) is 2. The van der Waals surface area contributed by atoms with Crippen molar-refractivity contribution in [3.05, 3.63) is 42.5 Å². The van der Waals surface area contributed by atoms with Crippen molar-refractivity contribution in [3.8, 4) is 22.6 Å². The lowest BCUT2D eigenvalue weighted by molar-refractivity contribution is 0.311. The van der Waals surface area contributed by atoms with Crippen molar-refractivity contribution in [3.63, 3.8) is 0 Å². The lowest BCUT2D eigenvalue weighted by Crippen LogP contribution is -1.95. The molecule has 0 radical (unpaired) electrons. The summed E-state index contributed by atoms with van der Waals surface area (Å²) in [4.78, 5) is 0. The highest BCUT2D eigenvalue weighted by molar-refractivity contribution is 5.69. The molecule has 3 nitrogen and oxygen atoms in total. The van der Waals surface area contributed by atoms with Crippen LogP contribution in [-0.4, -0.2) is 20.8 Å². The third-order valence-corrected chi connectivity index (χ3v) is 2.97. The Bertz CT molecular complexity index is 535. The third-order valence-electron chi connectivity index (χ3n) is 2.97. The SMILES string of the molecule is CCOc1cc(-c2ccc(NC)cc2)ccc1OC. The van der Waals surface area contributed by atoms with Crippen LogP contribution in [0.1, 0.15) is 6.92 Å². The van der Waals surface area contributed by atoms with Gasteiger partial charge in [0.15, 0.2) is 11.5 Å². The van der Waals surface area contributed by atoms with E-state index >= 15 is 0 Å². The summed E-state index contributed by atoms with van der Waals surface area (Å²) in [7, 11) is 3.56.